The number of rotatable bonds is 13. The number of carbonyl (C=O) groups is 2. The van der Waals surface area contributed by atoms with Gasteiger partial charge in [-0.05, 0) is 52.3 Å². The van der Waals surface area contributed by atoms with Crippen LogP contribution in [0.4, 0.5) is 0 Å². The molecule has 0 saturated carbocycles. The van der Waals surface area contributed by atoms with Crippen molar-refractivity contribution in [3.8, 4) is 11.5 Å². The largest absolute Gasteiger partial charge is 0.493 e. The standard InChI is InChI=1S/C25H37IN2O8/c1-15(2)9-22(31)28(6-8-34-3)19-12-17(25(33)27-5-7-29)13-20(23(19)32)36-24-18(26)10-16(14-30)11-21(24)35-4/h10-11,13,15,19-20,23,29-30,32H,5-9,12,14H2,1-4H3,(H,27,33). The van der Waals surface area contributed by atoms with Gasteiger partial charge in [-0.3, -0.25) is 9.59 Å². The molecule has 1 aromatic rings. The van der Waals surface area contributed by atoms with Gasteiger partial charge in [-0.15, -0.1) is 0 Å². The van der Waals surface area contributed by atoms with E-state index in [2.05, 4.69) is 27.9 Å². The lowest BCUT2D eigenvalue weighted by Gasteiger charge is -2.41. The van der Waals surface area contributed by atoms with E-state index in [-0.39, 0.29) is 57.6 Å². The summed E-state index contributed by atoms with van der Waals surface area (Å²) in [6.45, 7) is 4.06. The summed E-state index contributed by atoms with van der Waals surface area (Å²) in [5.74, 6) is 0.264. The van der Waals surface area contributed by atoms with Gasteiger partial charge in [0.1, 0.15) is 12.2 Å². The average Bonchev–Trinajstić information content (AvgIpc) is 2.84. The molecular formula is C25H37IN2O8. The van der Waals surface area contributed by atoms with E-state index in [1.54, 1.807) is 23.1 Å². The van der Waals surface area contributed by atoms with Crippen molar-refractivity contribution in [2.24, 2.45) is 5.92 Å². The molecule has 0 aliphatic heterocycles. The van der Waals surface area contributed by atoms with Crippen molar-refractivity contribution in [1.82, 2.24) is 10.2 Å². The molecule has 2 rings (SSSR count). The quantitative estimate of drug-likeness (QED) is 0.242. The normalized spacial score (nSPS) is 19.6. The summed E-state index contributed by atoms with van der Waals surface area (Å²) in [7, 11) is 3.01. The number of benzene rings is 1. The molecule has 0 fully saturated rings. The van der Waals surface area contributed by atoms with Crippen molar-refractivity contribution >= 4 is 34.4 Å². The van der Waals surface area contributed by atoms with Crippen LogP contribution in [0, 0.1) is 9.49 Å². The van der Waals surface area contributed by atoms with Gasteiger partial charge in [0.15, 0.2) is 11.5 Å². The van der Waals surface area contributed by atoms with Gasteiger partial charge in [-0.2, -0.15) is 0 Å². The number of hydrogen-bond acceptors (Lipinski definition) is 8. The summed E-state index contributed by atoms with van der Waals surface area (Å²) in [5, 5.41) is 32.7. The second kappa shape index (κ2) is 14.7. The van der Waals surface area contributed by atoms with Gasteiger partial charge < -0.3 is 39.7 Å². The Morgan fingerprint density at radius 2 is 1.97 bits per heavy atom. The molecule has 0 spiro atoms. The number of hydrogen-bond donors (Lipinski definition) is 4. The smallest absolute Gasteiger partial charge is 0.247 e. The molecule has 3 atom stereocenters. The first kappa shape index (κ1) is 30.3. The van der Waals surface area contributed by atoms with Crippen LogP contribution in [-0.2, 0) is 20.9 Å². The third kappa shape index (κ3) is 8.04. The van der Waals surface area contributed by atoms with E-state index in [0.29, 0.717) is 26.2 Å². The molecule has 11 heteroatoms. The maximum atomic E-state index is 13.2. The fraction of sp³-hybridized carbons (Fsp3) is 0.600. The number of carbonyl (C=O) groups excluding carboxylic acids is 2. The minimum atomic E-state index is -1.15. The molecule has 1 aromatic carbocycles. The number of nitrogens with zero attached hydrogens (tertiary/aromatic N) is 1. The van der Waals surface area contributed by atoms with Crippen LogP contribution in [0.3, 0.4) is 0 Å². The third-order valence-electron chi connectivity index (χ3n) is 5.78. The topological polar surface area (TPSA) is 138 Å². The van der Waals surface area contributed by atoms with Crippen molar-refractivity contribution in [3.63, 3.8) is 0 Å². The van der Waals surface area contributed by atoms with Crippen molar-refractivity contribution in [2.45, 2.75) is 51.5 Å². The summed E-state index contributed by atoms with van der Waals surface area (Å²) in [6.07, 6.45) is -0.181. The minimum absolute atomic E-state index is 0.0724. The molecule has 4 N–H and O–H groups in total. The van der Waals surface area contributed by atoms with Crippen LogP contribution < -0.4 is 14.8 Å². The lowest BCUT2D eigenvalue weighted by molar-refractivity contribution is -0.140. The van der Waals surface area contributed by atoms with Crippen LogP contribution in [0.2, 0.25) is 0 Å². The fourth-order valence-corrected chi connectivity index (χ4v) is 4.82. The van der Waals surface area contributed by atoms with E-state index in [4.69, 9.17) is 19.3 Å². The van der Waals surface area contributed by atoms with Crippen LogP contribution in [0.15, 0.2) is 23.8 Å². The summed E-state index contributed by atoms with van der Waals surface area (Å²) in [5.41, 5.74) is 0.972. The zero-order chi connectivity index (χ0) is 26.8. The second-order valence-electron chi connectivity index (χ2n) is 8.96. The molecule has 3 unspecified atom stereocenters. The predicted octanol–water partition coefficient (Wildman–Crippen LogP) is 1.23. The zero-order valence-electron chi connectivity index (χ0n) is 21.2. The lowest BCUT2D eigenvalue weighted by Crippen LogP contribution is -2.56. The van der Waals surface area contributed by atoms with Gasteiger partial charge in [-0.1, -0.05) is 13.8 Å². The van der Waals surface area contributed by atoms with Crippen LogP contribution in [0.5, 0.6) is 11.5 Å². The average molecular weight is 620 g/mol. The molecule has 1 aliphatic carbocycles. The monoisotopic (exact) mass is 620 g/mol. The van der Waals surface area contributed by atoms with E-state index in [9.17, 15) is 19.8 Å². The summed E-state index contributed by atoms with van der Waals surface area (Å²) < 4.78 is 17.5. The number of methoxy groups -OCH3 is 2. The number of ether oxygens (including phenoxy) is 3. The van der Waals surface area contributed by atoms with Crippen molar-refractivity contribution in [1.29, 1.82) is 0 Å². The summed E-state index contributed by atoms with van der Waals surface area (Å²) in [4.78, 5) is 27.6. The Balaban J connectivity index is 2.49. The van der Waals surface area contributed by atoms with E-state index >= 15 is 0 Å². The molecule has 0 aromatic heterocycles. The molecule has 0 heterocycles. The molecule has 0 radical (unpaired) electrons. The Labute approximate surface area is 225 Å². The maximum Gasteiger partial charge on any atom is 0.247 e. The Kier molecular flexibility index (Phi) is 12.4. The van der Waals surface area contributed by atoms with Crippen molar-refractivity contribution in [2.75, 3.05) is 40.5 Å². The third-order valence-corrected chi connectivity index (χ3v) is 6.58. The highest BCUT2D eigenvalue weighted by Gasteiger charge is 2.40. The Morgan fingerprint density at radius 1 is 1.25 bits per heavy atom. The van der Waals surface area contributed by atoms with E-state index < -0.39 is 24.2 Å². The first-order valence-electron chi connectivity index (χ1n) is 11.9. The van der Waals surface area contributed by atoms with Crippen molar-refractivity contribution in [3.05, 3.63) is 32.9 Å². The van der Waals surface area contributed by atoms with Gasteiger partial charge in [0.05, 0.1) is 36.5 Å². The van der Waals surface area contributed by atoms with Gasteiger partial charge >= 0.3 is 0 Å². The summed E-state index contributed by atoms with van der Waals surface area (Å²) in [6, 6.07) is 2.64. The molecule has 1 aliphatic rings. The molecule has 10 nitrogen and oxygen atoms in total. The first-order chi connectivity index (χ1) is 17.2. The first-order valence-corrected chi connectivity index (χ1v) is 12.9. The number of aliphatic hydroxyl groups is 3. The molecule has 2 amide bonds. The van der Waals surface area contributed by atoms with Gasteiger partial charge in [-0.25, -0.2) is 0 Å². The van der Waals surface area contributed by atoms with Crippen LogP contribution in [0.1, 0.15) is 32.3 Å². The molecule has 36 heavy (non-hydrogen) atoms. The Bertz CT molecular complexity index is 924. The number of halogens is 1. The lowest BCUT2D eigenvalue weighted by atomic mass is 9.87. The van der Waals surface area contributed by atoms with Crippen LogP contribution in [-0.4, -0.2) is 90.8 Å². The molecule has 0 saturated heterocycles. The van der Waals surface area contributed by atoms with Crippen LogP contribution in [0.25, 0.3) is 0 Å². The Hall–Kier alpha value is -1.93. The Morgan fingerprint density at radius 3 is 2.56 bits per heavy atom. The van der Waals surface area contributed by atoms with E-state index in [0.717, 1.165) is 0 Å². The van der Waals surface area contributed by atoms with Gasteiger partial charge in [0.25, 0.3) is 0 Å². The fourth-order valence-electron chi connectivity index (χ4n) is 4.03. The predicted molar refractivity (Wildman–Crippen MR) is 142 cm³/mol. The van der Waals surface area contributed by atoms with Crippen LogP contribution >= 0.6 is 22.6 Å². The molecule has 202 valence electrons. The number of aliphatic hydroxyl groups excluding tert-OH is 3. The number of amides is 2. The van der Waals surface area contributed by atoms with E-state index in [1.165, 1.54) is 14.2 Å². The highest BCUT2D eigenvalue weighted by Crippen LogP contribution is 2.37. The highest BCUT2D eigenvalue weighted by atomic mass is 127. The highest BCUT2D eigenvalue weighted by molar-refractivity contribution is 14.1. The maximum absolute atomic E-state index is 13.2. The molecule has 0 bridgehead atoms. The second-order valence-corrected chi connectivity index (χ2v) is 10.1. The van der Waals surface area contributed by atoms with E-state index in [1.807, 2.05) is 13.8 Å². The van der Waals surface area contributed by atoms with Gasteiger partial charge in [0, 0.05) is 38.6 Å². The van der Waals surface area contributed by atoms with Gasteiger partial charge in [0.2, 0.25) is 11.8 Å². The molecular weight excluding hydrogens is 583 g/mol. The number of nitrogens with one attached hydrogen (secondary N) is 1. The summed E-state index contributed by atoms with van der Waals surface area (Å²) >= 11 is 2.05. The van der Waals surface area contributed by atoms with Crippen molar-refractivity contribution < 1.29 is 39.1 Å². The SMILES string of the molecule is COCCN(C(=O)CC(C)C)C1CC(C(=O)NCCO)=CC(Oc2c(I)cc(CO)cc2OC)C1O. The zero-order valence-corrected chi connectivity index (χ0v) is 23.4. The minimum Gasteiger partial charge on any atom is -0.493 e.